The summed E-state index contributed by atoms with van der Waals surface area (Å²) in [6.07, 6.45) is 0.660. The molecular formula is C21H29N3O3S. The zero-order valence-electron chi connectivity index (χ0n) is 16.9. The van der Waals surface area contributed by atoms with E-state index in [0.29, 0.717) is 23.8 Å². The van der Waals surface area contributed by atoms with Gasteiger partial charge in [-0.05, 0) is 24.6 Å². The molecule has 1 N–H and O–H groups in total. The molecule has 1 unspecified atom stereocenters. The number of benzene rings is 2. The zero-order valence-corrected chi connectivity index (χ0v) is 17.7. The summed E-state index contributed by atoms with van der Waals surface area (Å²) in [5.41, 5.74) is 1.03. The van der Waals surface area contributed by atoms with Gasteiger partial charge in [-0.1, -0.05) is 43.3 Å². The van der Waals surface area contributed by atoms with E-state index in [1.165, 1.54) is 0 Å². The first-order valence-electron chi connectivity index (χ1n) is 9.25. The summed E-state index contributed by atoms with van der Waals surface area (Å²) in [5.74, 6) is 1.46. The van der Waals surface area contributed by atoms with E-state index >= 15 is 0 Å². The smallest absolute Gasteiger partial charge is 0.193 e. The van der Waals surface area contributed by atoms with Gasteiger partial charge in [0.25, 0.3) is 0 Å². The zero-order chi connectivity index (χ0) is 20.6. The highest BCUT2D eigenvalue weighted by molar-refractivity contribution is 7.91. The second kappa shape index (κ2) is 10.1. The molecule has 2 rings (SSSR count). The molecule has 0 aliphatic carbocycles. The maximum absolute atomic E-state index is 12.7. The molecule has 1 atom stereocenters. The van der Waals surface area contributed by atoms with E-state index in [0.717, 1.165) is 11.3 Å². The van der Waals surface area contributed by atoms with Crippen molar-refractivity contribution in [3.8, 4) is 5.75 Å². The molecule has 0 saturated heterocycles. The Bertz CT molecular complexity index is 883. The van der Waals surface area contributed by atoms with E-state index < -0.39 is 9.84 Å². The largest absolute Gasteiger partial charge is 0.496 e. The van der Waals surface area contributed by atoms with E-state index in [2.05, 4.69) is 10.3 Å². The number of hydrogen-bond donors (Lipinski definition) is 1. The molecule has 0 aromatic heterocycles. The number of para-hydroxylation sites is 1. The van der Waals surface area contributed by atoms with Crippen molar-refractivity contribution >= 4 is 15.8 Å². The van der Waals surface area contributed by atoms with Gasteiger partial charge < -0.3 is 15.0 Å². The fraction of sp³-hybridized carbons (Fsp3) is 0.381. The SMILES string of the molecule is CCC(CS(=O)(=O)c1ccccc1)NC(=NC)N(C)Cc1ccccc1OC. The second-order valence-corrected chi connectivity index (χ2v) is 8.59. The quantitative estimate of drug-likeness (QED) is 0.542. The third-order valence-electron chi connectivity index (χ3n) is 4.52. The predicted octanol–water partition coefficient (Wildman–Crippen LogP) is 2.95. The molecule has 28 heavy (non-hydrogen) atoms. The number of nitrogens with zero attached hydrogens (tertiary/aromatic N) is 2. The summed E-state index contributed by atoms with van der Waals surface area (Å²) >= 11 is 0. The highest BCUT2D eigenvalue weighted by atomic mass is 32.2. The first-order valence-corrected chi connectivity index (χ1v) is 10.9. The number of hydrogen-bond acceptors (Lipinski definition) is 4. The van der Waals surface area contributed by atoms with Crippen LogP contribution < -0.4 is 10.1 Å². The van der Waals surface area contributed by atoms with Gasteiger partial charge >= 0.3 is 0 Å². The Hall–Kier alpha value is -2.54. The molecule has 0 fully saturated rings. The summed E-state index contributed by atoms with van der Waals surface area (Å²) in [6.45, 7) is 2.55. The minimum absolute atomic E-state index is 0.00896. The molecule has 0 radical (unpaired) electrons. The van der Waals surface area contributed by atoms with Gasteiger partial charge in [0.15, 0.2) is 15.8 Å². The van der Waals surface area contributed by atoms with Crippen molar-refractivity contribution in [2.75, 3.05) is 27.0 Å². The van der Waals surface area contributed by atoms with Gasteiger partial charge in [-0.3, -0.25) is 4.99 Å². The van der Waals surface area contributed by atoms with Crippen molar-refractivity contribution in [3.05, 3.63) is 60.2 Å². The van der Waals surface area contributed by atoms with Crippen molar-refractivity contribution in [2.24, 2.45) is 4.99 Å². The van der Waals surface area contributed by atoms with Crippen molar-refractivity contribution in [3.63, 3.8) is 0 Å². The molecule has 0 heterocycles. The van der Waals surface area contributed by atoms with Crippen LogP contribution in [-0.2, 0) is 16.4 Å². The highest BCUT2D eigenvalue weighted by Crippen LogP contribution is 2.19. The van der Waals surface area contributed by atoms with Crippen LogP contribution >= 0.6 is 0 Å². The van der Waals surface area contributed by atoms with Crippen LogP contribution in [0.3, 0.4) is 0 Å². The summed E-state index contributed by atoms with van der Waals surface area (Å²) in [5, 5.41) is 3.29. The average molecular weight is 404 g/mol. The van der Waals surface area contributed by atoms with Crippen molar-refractivity contribution in [1.82, 2.24) is 10.2 Å². The molecule has 0 saturated carbocycles. The molecule has 0 amide bonds. The molecular weight excluding hydrogens is 374 g/mol. The maximum atomic E-state index is 12.7. The molecule has 0 spiro atoms. The van der Waals surface area contributed by atoms with Crippen LogP contribution in [0.5, 0.6) is 5.75 Å². The van der Waals surface area contributed by atoms with Crippen LogP contribution in [0.2, 0.25) is 0 Å². The fourth-order valence-corrected chi connectivity index (χ4v) is 4.56. The molecule has 0 aliphatic rings. The molecule has 7 heteroatoms. The summed E-state index contributed by atoms with van der Waals surface area (Å²) in [7, 11) is 1.88. The third kappa shape index (κ3) is 5.73. The first kappa shape index (κ1) is 21.8. The fourth-order valence-electron chi connectivity index (χ4n) is 2.94. The molecule has 6 nitrogen and oxygen atoms in total. The van der Waals surface area contributed by atoms with Crippen LogP contribution in [0.4, 0.5) is 0 Å². The number of sulfone groups is 1. The Morgan fingerprint density at radius 3 is 2.39 bits per heavy atom. The first-order chi connectivity index (χ1) is 13.4. The van der Waals surface area contributed by atoms with E-state index in [4.69, 9.17) is 4.74 Å². The van der Waals surface area contributed by atoms with Crippen LogP contribution in [-0.4, -0.2) is 52.3 Å². The van der Waals surface area contributed by atoms with Gasteiger partial charge in [0.05, 0.1) is 17.8 Å². The van der Waals surface area contributed by atoms with Crippen LogP contribution in [0.25, 0.3) is 0 Å². The minimum Gasteiger partial charge on any atom is -0.496 e. The Labute approximate surface area is 168 Å². The van der Waals surface area contributed by atoms with Gasteiger partial charge in [-0.25, -0.2) is 8.42 Å². The Balaban J connectivity index is 2.09. The monoisotopic (exact) mass is 403 g/mol. The summed E-state index contributed by atoms with van der Waals surface area (Å²) in [6, 6.07) is 16.1. The van der Waals surface area contributed by atoms with Crippen molar-refractivity contribution < 1.29 is 13.2 Å². The molecule has 0 bridgehead atoms. The van der Waals surface area contributed by atoms with Crippen molar-refractivity contribution in [2.45, 2.75) is 30.8 Å². The number of methoxy groups -OCH3 is 1. The average Bonchev–Trinajstić information content (AvgIpc) is 2.71. The summed E-state index contributed by atoms with van der Waals surface area (Å²) < 4.78 is 30.8. The van der Waals surface area contributed by atoms with Gasteiger partial charge in [-0.2, -0.15) is 0 Å². The number of rotatable bonds is 8. The number of ether oxygens (including phenoxy) is 1. The van der Waals surface area contributed by atoms with E-state index in [1.807, 2.05) is 49.2 Å². The van der Waals surface area contributed by atoms with E-state index in [-0.39, 0.29) is 11.8 Å². The lowest BCUT2D eigenvalue weighted by Crippen LogP contribution is -2.46. The lowest BCUT2D eigenvalue weighted by atomic mass is 10.2. The summed E-state index contributed by atoms with van der Waals surface area (Å²) in [4.78, 5) is 6.62. The highest BCUT2D eigenvalue weighted by Gasteiger charge is 2.22. The lowest BCUT2D eigenvalue weighted by molar-refractivity contribution is 0.394. The molecule has 2 aromatic rings. The molecule has 2 aromatic carbocycles. The Morgan fingerprint density at radius 2 is 1.79 bits per heavy atom. The third-order valence-corrected chi connectivity index (χ3v) is 6.35. The Morgan fingerprint density at radius 1 is 1.14 bits per heavy atom. The van der Waals surface area contributed by atoms with Crippen LogP contribution in [0.15, 0.2) is 64.5 Å². The molecule has 152 valence electrons. The number of guanidine groups is 1. The van der Waals surface area contributed by atoms with E-state index in [1.54, 1.807) is 38.4 Å². The van der Waals surface area contributed by atoms with E-state index in [9.17, 15) is 8.42 Å². The Kier molecular flexibility index (Phi) is 7.87. The lowest BCUT2D eigenvalue weighted by Gasteiger charge is -2.27. The van der Waals surface area contributed by atoms with Gasteiger partial charge in [0, 0.05) is 32.2 Å². The van der Waals surface area contributed by atoms with Gasteiger partial charge in [0.2, 0.25) is 0 Å². The van der Waals surface area contributed by atoms with Crippen LogP contribution in [0.1, 0.15) is 18.9 Å². The van der Waals surface area contributed by atoms with Crippen molar-refractivity contribution in [1.29, 1.82) is 0 Å². The number of nitrogens with one attached hydrogen (secondary N) is 1. The van der Waals surface area contributed by atoms with Crippen LogP contribution in [0, 0.1) is 0 Å². The number of aliphatic imine (C=N–C) groups is 1. The maximum Gasteiger partial charge on any atom is 0.193 e. The second-order valence-electron chi connectivity index (χ2n) is 6.56. The van der Waals surface area contributed by atoms with Gasteiger partial charge in [0.1, 0.15) is 5.75 Å². The minimum atomic E-state index is -3.38. The van der Waals surface area contributed by atoms with Gasteiger partial charge in [-0.15, -0.1) is 0 Å². The molecule has 0 aliphatic heterocycles. The topological polar surface area (TPSA) is 71.0 Å². The predicted molar refractivity (Wildman–Crippen MR) is 114 cm³/mol. The normalized spacial score (nSPS) is 13.1. The standard InChI is InChI=1S/C21H29N3O3S/c1-5-18(16-28(25,26)19-12-7-6-8-13-19)23-21(22-2)24(3)15-17-11-9-10-14-20(17)27-4/h6-14,18H,5,15-16H2,1-4H3,(H,22,23).